The highest BCUT2D eigenvalue weighted by Crippen LogP contribution is 2.38. The van der Waals surface area contributed by atoms with Crippen LogP contribution >= 0.6 is 24.2 Å². The highest BCUT2D eigenvalue weighted by atomic mass is 35.5. The Kier molecular flexibility index (Phi) is 4.37. The van der Waals surface area contributed by atoms with Gasteiger partial charge in [-0.05, 0) is 17.7 Å². The number of nitrogens with one attached hydrogen (secondary N) is 1. The maximum absolute atomic E-state index is 12.6. The molecule has 0 spiro atoms. The standard InChI is InChI=1S/C17H12ClN3OS/c18-12-6-4-11(5-7-12)14-13(10-19)17(23)20-16(22)15(14)21-8-2-1-3-9-21/h1-9,14-15H,(H-,20,22,23)/p+1. The number of carbonyl (C=O) groups is 1. The van der Waals surface area contributed by atoms with Crippen molar-refractivity contribution in [1.82, 2.24) is 5.32 Å². The van der Waals surface area contributed by atoms with Crippen LogP contribution in [0.3, 0.4) is 0 Å². The molecule has 2 unspecified atom stereocenters. The molecule has 23 heavy (non-hydrogen) atoms. The number of carbonyl (C=O) groups excluding carboxylic acids is 1. The summed E-state index contributed by atoms with van der Waals surface area (Å²) in [5.41, 5.74) is 1.27. The summed E-state index contributed by atoms with van der Waals surface area (Å²) in [6, 6.07) is 14.4. The van der Waals surface area contributed by atoms with Crippen molar-refractivity contribution in [2.45, 2.75) is 12.0 Å². The number of nitriles is 1. The number of halogens is 1. The maximum Gasteiger partial charge on any atom is 0.294 e. The summed E-state index contributed by atoms with van der Waals surface area (Å²) in [7, 11) is 0. The molecule has 3 rings (SSSR count). The average Bonchev–Trinajstić information content (AvgIpc) is 2.56. The van der Waals surface area contributed by atoms with Crippen molar-refractivity contribution < 1.29 is 9.36 Å². The third-order valence-corrected chi connectivity index (χ3v) is 4.41. The smallest absolute Gasteiger partial charge is 0.294 e. The third-order valence-electron chi connectivity index (χ3n) is 3.80. The lowest BCUT2D eigenvalue weighted by atomic mass is 9.83. The number of pyridine rings is 1. The van der Waals surface area contributed by atoms with Gasteiger partial charge in [0.05, 0.1) is 22.6 Å². The number of aromatic nitrogens is 1. The molecule has 0 bridgehead atoms. The summed E-state index contributed by atoms with van der Waals surface area (Å²) in [5.74, 6) is -0.629. The molecule has 2 aromatic rings. The van der Waals surface area contributed by atoms with Gasteiger partial charge in [0.2, 0.25) is 6.04 Å². The van der Waals surface area contributed by atoms with Crippen molar-refractivity contribution in [3.63, 3.8) is 0 Å². The Bertz CT molecular complexity index is 812. The minimum absolute atomic E-state index is 0.204. The van der Waals surface area contributed by atoms with Crippen molar-refractivity contribution in [1.29, 1.82) is 5.26 Å². The van der Waals surface area contributed by atoms with Gasteiger partial charge < -0.3 is 5.32 Å². The van der Waals surface area contributed by atoms with E-state index in [1.807, 2.05) is 42.7 Å². The number of allylic oxidation sites excluding steroid dienone is 1. The van der Waals surface area contributed by atoms with E-state index in [-0.39, 0.29) is 5.91 Å². The highest BCUT2D eigenvalue weighted by Gasteiger charge is 2.44. The highest BCUT2D eigenvalue weighted by molar-refractivity contribution is 7.84. The van der Waals surface area contributed by atoms with Crippen molar-refractivity contribution in [3.8, 4) is 6.07 Å². The Labute approximate surface area is 144 Å². The first-order valence-electron chi connectivity index (χ1n) is 6.97. The Morgan fingerprint density at radius 1 is 1.17 bits per heavy atom. The van der Waals surface area contributed by atoms with Crippen LogP contribution in [0.2, 0.25) is 5.02 Å². The monoisotopic (exact) mass is 342 g/mol. The second-order valence-electron chi connectivity index (χ2n) is 5.16. The van der Waals surface area contributed by atoms with Gasteiger partial charge in [-0.15, -0.1) is 12.6 Å². The van der Waals surface area contributed by atoms with Crippen LogP contribution in [0, 0.1) is 11.3 Å². The zero-order valence-corrected chi connectivity index (χ0v) is 13.6. The van der Waals surface area contributed by atoms with Crippen LogP contribution in [-0.2, 0) is 4.79 Å². The van der Waals surface area contributed by atoms with E-state index in [0.717, 1.165) is 5.56 Å². The van der Waals surface area contributed by atoms with Crippen LogP contribution < -0.4 is 9.88 Å². The number of thiol groups is 1. The molecule has 0 aliphatic carbocycles. The molecule has 2 atom stereocenters. The van der Waals surface area contributed by atoms with Crippen LogP contribution in [0.4, 0.5) is 0 Å². The summed E-state index contributed by atoms with van der Waals surface area (Å²) in [6.45, 7) is 0. The van der Waals surface area contributed by atoms with Crippen LogP contribution in [0.25, 0.3) is 0 Å². The first-order chi connectivity index (χ1) is 11.1. The fourth-order valence-electron chi connectivity index (χ4n) is 2.76. The number of hydrogen-bond acceptors (Lipinski definition) is 3. The molecule has 2 heterocycles. The molecular formula is C17H13ClN3OS+. The molecule has 0 saturated carbocycles. The lowest BCUT2D eigenvalue weighted by Gasteiger charge is -2.27. The maximum atomic E-state index is 12.6. The molecule has 114 valence electrons. The molecule has 0 fully saturated rings. The summed E-state index contributed by atoms with van der Waals surface area (Å²) in [4.78, 5) is 12.6. The summed E-state index contributed by atoms with van der Waals surface area (Å²) in [6.07, 6.45) is 3.62. The van der Waals surface area contributed by atoms with Crippen molar-refractivity contribution in [2.75, 3.05) is 0 Å². The lowest BCUT2D eigenvalue weighted by molar-refractivity contribution is -0.711. The second-order valence-corrected chi connectivity index (χ2v) is 6.04. The minimum Gasteiger partial charge on any atom is -0.314 e. The van der Waals surface area contributed by atoms with E-state index in [2.05, 4.69) is 24.0 Å². The molecule has 6 heteroatoms. The normalized spacial score (nSPS) is 20.8. The number of nitrogens with zero attached hydrogens (tertiary/aromatic N) is 2. The Hall–Kier alpha value is -2.29. The molecule has 0 radical (unpaired) electrons. The summed E-state index contributed by atoms with van der Waals surface area (Å²) in [5, 5.41) is 13.1. The Balaban J connectivity index is 2.18. The molecular weight excluding hydrogens is 330 g/mol. The molecule has 1 aromatic carbocycles. The molecule has 0 saturated heterocycles. The molecule has 1 N–H and O–H groups in total. The molecule has 1 aliphatic heterocycles. The van der Waals surface area contributed by atoms with Crippen molar-refractivity contribution in [3.05, 3.63) is 76.0 Å². The van der Waals surface area contributed by atoms with Crippen LogP contribution in [0.1, 0.15) is 17.5 Å². The van der Waals surface area contributed by atoms with Crippen molar-refractivity contribution in [2.24, 2.45) is 0 Å². The average molecular weight is 343 g/mol. The molecule has 4 nitrogen and oxygen atoms in total. The topological polar surface area (TPSA) is 56.8 Å². The van der Waals surface area contributed by atoms with E-state index in [0.29, 0.717) is 15.6 Å². The Morgan fingerprint density at radius 3 is 2.43 bits per heavy atom. The second kappa shape index (κ2) is 6.45. The number of hydrogen-bond donors (Lipinski definition) is 2. The summed E-state index contributed by atoms with van der Waals surface area (Å²) >= 11 is 10.2. The molecule has 1 aliphatic rings. The van der Waals surface area contributed by atoms with Crippen LogP contribution in [0.15, 0.2) is 65.5 Å². The third kappa shape index (κ3) is 2.96. The van der Waals surface area contributed by atoms with E-state index in [9.17, 15) is 10.1 Å². The quantitative estimate of drug-likeness (QED) is 0.651. The Morgan fingerprint density at radius 2 is 1.83 bits per heavy atom. The molecule has 1 aromatic heterocycles. The first kappa shape index (κ1) is 15.6. The predicted molar refractivity (Wildman–Crippen MR) is 89.6 cm³/mol. The SMILES string of the molecule is N#CC1=C(S)NC(=O)C([n+]2ccccc2)C1c1ccc(Cl)cc1. The largest absolute Gasteiger partial charge is 0.314 e. The zero-order valence-electron chi connectivity index (χ0n) is 12.0. The predicted octanol–water partition coefficient (Wildman–Crippen LogP) is 2.75. The lowest BCUT2D eigenvalue weighted by Crippen LogP contribution is -2.53. The van der Waals surface area contributed by atoms with Crippen LogP contribution in [-0.4, -0.2) is 5.91 Å². The van der Waals surface area contributed by atoms with E-state index < -0.39 is 12.0 Å². The van der Waals surface area contributed by atoms with Gasteiger partial charge in [0, 0.05) is 17.2 Å². The minimum atomic E-state index is -0.567. The van der Waals surface area contributed by atoms with Gasteiger partial charge in [0.25, 0.3) is 5.91 Å². The van der Waals surface area contributed by atoms with Gasteiger partial charge in [-0.2, -0.15) is 9.83 Å². The van der Waals surface area contributed by atoms with E-state index in [1.165, 1.54) is 0 Å². The zero-order chi connectivity index (χ0) is 16.4. The fourth-order valence-corrected chi connectivity index (χ4v) is 3.19. The van der Waals surface area contributed by atoms with Gasteiger partial charge in [-0.3, -0.25) is 4.79 Å². The van der Waals surface area contributed by atoms with Gasteiger partial charge in [0.15, 0.2) is 12.4 Å². The van der Waals surface area contributed by atoms with Gasteiger partial charge in [0.1, 0.15) is 0 Å². The fraction of sp³-hybridized carbons (Fsp3) is 0.118. The number of rotatable bonds is 2. The van der Waals surface area contributed by atoms with E-state index in [4.69, 9.17) is 11.6 Å². The van der Waals surface area contributed by atoms with Gasteiger partial charge in [-0.1, -0.05) is 29.8 Å². The van der Waals surface area contributed by atoms with Crippen molar-refractivity contribution >= 4 is 30.1 Å². The molecule has 1 amide bonds. The first-order valence-corrected chi connectivity index (χ1v) is 7.79. The van der Waals surface area contributed by atoms with Gasteiger partial charge in [-0.25, -0.2) is 0 Å². The van der Waals surface area contributed by atoms with E-state index in [1.54, 1.807) is 16.7 Å². The van der Waals surface area contributed by atoms with Crippen LogP contribution in [0.5, 0.6) is 0 Å². The number of benzene rings is 1. The number of amides is 1. The van der Waals surface area contributed by atoms with Gasteiger partial charge >= 0.3 is 0 Å². The summed E-state index contributed by atoms with van der Waals surface area (Å²) < 4.78 is 1.80. The van der Waals surface area contributed by atoms with E-state index >= 15 is 0 Å².